The largest absolute Gasteiger partial charge is 0.507 e. The predicted molar refractivity (Wildman–Crippen MR) is 73.2 cm³/mol. The van der Waals surface area contributed by atoms with E-state index in [1.165, 1.54) is 6.07 Å². The zero-order valence-corrected chi connectivity index (χ0v) is 10.9. The van der Waals surface area contributed by atoms with E-state index >= 15 is 0 Å². The lowest BCUT2D eigenvalue weighted by molar-refractivity contribution is 0.102. The minimum absolute atomic E-state index is 0.0126. The molecule has 0 saturated carbocycles. The molecular weight excluding hydrogens is 261 g/mol. The summed E-state index contributed by atoms with van der Waals surface area (Å²) >= 11 is 0. The Balaban J connectivity index is 2.23. The quantitative estimate of drug-likeness (QED) is 0.902. The number of para-hydroxylation sites is 1. The van der Waals surface area contributed by atoms with E-state index in [0.29, 0.717) is 12.3 Å². The van der Waals surface area contributed by atoms with Crippen molar-refractivity contribution < 1.29 is 19.0 Å². The van der Waals surface area contributed by atoms with Gasteiger partial charge in [0.05, 0.1) is 12.2 Å². The van der Waals surface area contributed by atoms with Crippen LogP contribution in [-0.4, -0.2) is 18.1 Å². The van der Waals surface area contributed by atoms with Gasteiger partial charge in [0.25, 0.3) is 5.91 Å². The topological polar surface area (TPSA) is 58.6 Å². The summed E-state index contributed by atoms with van der Waals surface area (Å²) in [4.78, 5) is 12.1. The highest BCUT2D eigenvalue weighted by atomic mass is 19.1. The summed E-state index contributed by atoms with van der Waals surface area (Å²) in [5.74, 6) is -1.50. The molecule has 2 rings (SSSR count). The van der Waals surface area contributed by atoms with Crippen LogP contribution in [0.15, 0.2) is 42.5 Å². The van der Waals surface area contributed by atoms with Crippen molar-refractivity contribution in [3.05, 3.63) is 59.4 Å². The Morgan fingerprint density at radius 2 is 2.05 bits per heavy atom. The molecule has 0 unspecified atom stereocenters. The van der Waals surface area contributed by atoms with Crippen LogP contribution < -0.4 is 5.32 Å². The molecule has 0 fully saturated rings. The average molecular weight is 275 g/mol. The summed E-state index contributed by atoms with van der Waals surface area (Å²) in [5.41, 5.74) is 1.41. The zero-order chi connectivity index (χ0) is 14.5. The first kappa shape index (κ1) is 14.0. The highest BCUT2D eigenvalue weighted by Gasteiger charge is 2.13. The molecule has 0 atom stereocenters. The third kappa shape index (κ3) is 3.13. The molecule has 0 spiro atoms. The summed E-state index contributed by atoms with van der Waals surface area (Å²) < 4.78 is 17.9. The third-order valence-corrected chi connectivity index (χ3v) is 2.77. The number of ether oxygens (including phenoxy) is 1. The maximum atomic E-state index is 12.9. The fourth-order valence-corrected chi connectivity index (χ4v) is 1.81. The highest BCUT2D eigenvalue weighted by Crippen LogP contribution is 2.21. The molecule has 0 radical (unpaired) electrons. The normalized spacial score (nSPS) is 10.3. The van der Waals surface area contributed by atoms with E-state index in [1.807, 2.05) is 12.1 Å². The van der Waals surface area contributed by atoms with E-state index in [-0.39, 0.29) is 5.56 Å². The monoisotopic (exact) mass is 275 g/mol. The van der Waals surface area contributed by atoms with Gasteiger partial charge in [0, 0.05) is 24.4 Å². The molecule has 2 N–H and O–H groups in total. The number of halogens is 1. The average Bonchev–Trinajstić information content (AvgIpc) is 2.41. The van der Waals surface area contributed by atoms with Gasteiger partial charge in [-0.3, -0.25) is 4.79 Å². The van der Waals surface area contributed by atoms with Gasteiger partial charge in [-0.05, 0) is 18.2 Å². The number of methoxy groups -OCH3 is 1. The Bertz CT molecular complexity index is 628. The number of carbonyl (C=O) groups excluding carboxylic acids is 1. The van der Waals surface area contributed by atoms with Crippen molar-refractivity contribution >= 4 is 11.6 Å². The van der Waals surface area contributed by atoms with Crippen LogP contribution in [0.2, 0.25) is 0 Å². The van der Waals surface area contributed by atoms with Gasteiger partial charge in [-0.2, -0.15) is 0 Å². The number of aromatic hydroxyl groups is 1. The van der Waals surface area contributed by atoms with E-state index in [4.69, 9.17) is 4.74 Å². The Kier molecular flexibility index (Phi) is 4.32. The lowest BCUT2D eigenvalue weighted by Gasteiger charge is -2.11. The molecule has 104 valence electrons. The second-order valence-corrected chi connectivity index (χ2v) is 4.21. The maximum absolute atomic E-state index is 12.9. The molecule has 1 amide bonds. The first-order chi connectivity index (χ1) is 9.61. The van der Waals surface area contributed by atoms with Crippen LogP contribution in [-0.2, 0) is 11.3 Å². The number of benzene rings is 2. The second kappa shape index (κ2) is 6.16. The Morgan fingerprint density at radius 3 is 2.75 bits per heavy atom. The SMILES string of the molecule is COCc1ccccc1NC(=O)c1ccc(F)cc1O. The van der Waals surface area contributed by atoms with Crippen LogP contribution in [0.25, 0.3) is 0 Å². The smallest absolute Gasteiger partial charge is 0.259 e. The highest BCUT2D eigenvalue weighted by molar-refractivity contribution is 6.06. The minimum Gasteiger partial charge on any atom is -0.507 e. The van der Waals surface area contributed by atoms with Crippen LogP contribution >= 0.6 is 0 Å². The number of carbonyl (C=O) groups is 1. The lowest BCUT2D eigenvalue weighted by Crippen LogP contribution is -2.13. The Hall–Kier alpha value is -2.40. The van der Waals surface area contributed by atoms with Crippen molar-refractivity contribution in [2.75, 3.05) is 12.4 Å². The van der Waals surface area contributed by atoms with Crippen molar-refractivity contribution in [2.45, 2.75) is 6.61 Å². The molecular formula is C15H14FNO3. The van der Waals surface area contributed by atoms with Crippen molar-refractivity contribution in [1.29, 1.82) is 0 Å². The lowest BCUT2D eigenvalue weighted by atomic mass is 10.1. The number of hydrogen-bond donors (Lipinski definition) is 2. The molecule has 20 heavy (non-hydrogen) atoms. The van der Waals surface area contributed by atoms with Gasteiger partial charge >= 0.3 is 0 Å². The number of anilines is 1. The molecule has 0 aliphatic rings. The van der Waals surface area contributed by atoms with Crippen LogP contribution in [0.1, 0.15) is 15.9 Å². The standard InChI is InChI=1S/C15H14FNO3/c1-20-9-10-4-2-3-5-13(10)17-15(19)12-7-6-11(16)8-14(12)18/h2-8,18H,9H2,1H3,(H,17,19). The van der Waals surface area contributed by atoms with E-state index < -0.39 is 17.5 Å². The molecule has 0 heterocycles. The van der Waals surface area contributed by atoms with Gasteiger partial charge in [0.1, 0.15) is 11.6 Å². The van der Waals surface area contributed by atoms with E-state index in [1.54, 1.807) is 19.2 Å². The van der Waals surface area contributed by atoms with Crippen LogP contribution in [0.3, 0.4) is 0 Å². The van der Waals surface area contributed by atoms with E-state index in [9.17, 15) is 14.3 Å². The molecule has 4 nitrogen and oxygen atoms in total. The minimum atomic E-state index is -0.598. The van der Waals surface area contributed by atoms with Crippen molar-refractivity contribution in [1.82, 2.24) is 0 Å². The summed E-state index contributed by atoms with van der Waals surface area (Å²) in [5, 5.41) is 12.3. The van der Waals surface area contributed by atoms with Crippen molar-refractivity contribution in [3.63, 3.8) is 0 Å². The van der Waals surface area contributed by atoms with Gasteiger partial charge in [0.15, 0.2) is 0 Å². The zero-order valence-electron chi connectivity index (χ0n) is 10.9. The van der Waals surface area contributed by atoms with Crippen molar-refractivity contribution in [3.8, 4) is 5.75 Å². The van der Waals surface area contributed by atoms with Gasteiger partial charge in [-0.15, -0.1) is 0 Å². The number of phenolic OH excluding ortho intramolecular Hbond substituents is 1. The predicted octanol–water partition coefficient (Wildman–Crippen LogP) is 2.93. The van der Waals surface area contributed by atoms with Gasteiger partial charge in [-0.25, -0.2) is 4.39 Å². The summed E-state index contributed by atoms with van der Waals surface area (Å²) in [6.07, 6.45) is 0. The van der Waals surface area contributed by atoms with Crippen LogP contribution in [0.5, 0.6) is 5.75 Å². The first-order valence-electron chi connectivity index (χ1n) is 5.98. The molecule has 0 bridgehead atoms. The molecule has 0 aliphatic heterocycles. The Morgan fingerprint density at radius 1 is 1.30 bits per heavy atom. The summed E-state index contributed by atoms with van der Waals surface area (Å²) in [6, 6.07) is 10.4. The van der Waals surface area contributed by atoms with E-state index in [0.717, 1.165) is 17.7 Å². The number of phenols is 1. The summed E-state index contributed by atoms with van der Waals surface area (Å²) in [6.45, 7) is 0.353. The molecule has 0 aliphatic carbocycles. The van der Waals surface area contributed by atoms with E-state index in [2.05, 4.69) is 5.32 Å². The molecule has 0 saturated heterocycles. The fraction of sp³-hybridized carbons (Fsp3) is 0.133. The maximum Gasteiger partial charge on any atom is 0.259 e. The molecule has 2 aromatic rings. The third-order valence-electron chi connectivity index (χ3n) is 2.77. The van der Waals surface area contributed by atoms with Crippen LogP contribution in [0.4, 0.5) is 10.1 Å². The summed E-state index contributed by atoms with van der Waals surface area (Å²) in [7, 11) is 1.56. The van der Waals surface area contributed by atoms with Crippen LogP contribution in [0, 0.1) is 5.82 Å². The number of amides is 1. The fourth-order valence-electron chi connectivity index (χ4n) is 1.81. The Labute approximate surface area is 115 Å². The number of hydrogen-bond acceptors (Lipinski definition) is 3. The number of nitrogens with one attached hydrogen (secondary N) is 1. The molecule has 2 aromatic carbocycles. The molecule has 5 heteroatoms. The number of rotatable bonds is 4. The van der Waals surface area contributed by atoms with Gasteiger partial charge in [-0.1, -0.05) is 18.2 Å². The van der Waals surface area contributed by atoms with Gasteiger partial charge < -0.3 is 15.2 Å². The second-order valence-electron chi connectivity index (χ2n) is 4.21. The van der Waals surface area contributed by atoms with Crippen molar-refractivity contribution in [2.24, 2.45) is 0 Å². The molecule has 0 aromatic heterocycles. The van der Waals surface area contributed by atoms with Gasteiger partial charge in [0.2, 0.25) is 0 Å². The first-order valence-corrected chi connectivity index (χ1v) is 5.98.